The summed E-state index contributed by atoms with van der Waals surface area (Å²) in [5, 5.41) is 5.39. The van der Waals surface area contributed by atoms with E-state index in [9.17, 15) is 9.59 Å². The molecule has 0 saturated heterocycles. The van der Waals surface area contributed by atoms with Gasteiger partial charge in [0, 0.05) is 18.7 Å². The largest absolute Gasteiger partial charge is 0.496 e. The SMILES string of the molecule is COc1ccccc1C(=O)NCCC(=O)Nc1cccc(C)n1. The lowest BCUT2D eigenvalue weighted by molar-refractivity contribution is -0.116. The minimum Gasteiger partial charge on any atom is -0.496 e. The normalized spacial score (nSPS) is 10.0. The highest BCUT2D eigenvalue weighted by molar-refractivity contribution is 5.97. The Balaban J connectivity index is 1.82. The molecule has 23 heavy (non-hydrogen) atoms. The van der Waals surface area contributed by atoms with Crippen LogP contribution < -0.4 is 15.4 Å². The summed E-state index contributed by atoms with van der Waals surface area (Å²) in [7, 11) is 1.51. The standard InChI is InChI=1S/C17H19N3O3/c1-12-6-5-9-15(19-12)20-16(21)10-11-18-17(22)13-7-3-4-8-14(13)23-2/h3-9H,10-11H2,1-2H3,(H,18,22)(H,19,20,21). The molecular weight excluding hydrogens is 294 g/mol. The Morgan fingerprint density at radius 3 is 2.65 bits per heavy atom. The lowest BCUT2D eigenvalue weighted by Crippen LogP contribution is -2.28. The van der Waals surface area contributed by atoms with Crippen LogP contribution in [-0.2, 0) is 4.79 Å². The predicted octanol–water partition coefficient (Wildman–Crippen LogP) is 2.16. The Labute approximate surface area is 134 Å². The number of rotatable bonds is 6. The minimum atomic E-state index is -0.274. The van der Waals surface area contributed by atoms with E-state index in [1.54, 1.807) is 30.3 Å². The van der Waals surface area contributed by atoms with Gasteiger partial charge in [-0.15, -0.1) is 0 Å². The fourth-order valence-electron chi connectivity index (χ4n) is 2.04. The zero-order valence-electron chi connectivity index (χ0n) is 13.1. The second-order valence-electron chi connectivity index (χ2n) is 4.92. The van der Waals surface area contributed by atoms with Crippen LogP contribution in [-0.4, -0.2) is 30.5 Å². The number of methoxy groups -OCH3 is 1. The van der Waals surface area contributed by atoms with Gasteiger partial charge in [-0.1, -0.05) is 18.2 Å². The second-order valence-corrected chi connectivity index (χ2v) is 4.92. The van der Waals surface area contributed by atoms with Crippen LogP contribution in [0.4, 0.5) is 5.82 Å². The van der Waals surface area contributed by atoms with Crippen molar-refractivity contribution in [2.45, 2.75) is 13.3 Å². The van der Waals surface area contributed by atoms with Crippen molar-refractivity contribution in [1.29, 1.82) is 0 Å². The average molecular weight is 313 g/mol. The van der Waals surface area contributed by atoms with Gasteiger partial charge >= 0.3 is 0 Å². The molecule has 1 aromatic heterocycles. The summed E-state index contributed by atoms with van der Waals surface area (Å²) in [5.41, 5.74) is 1.27. The van der Waals surface area contributed by atoms with Crippen LogP contribution in [0.3, 0.4) is 0 Å². The van der Waals surface area contributed by atoms with Crippen LogP contribution in [0.25, 0.3) is 0 Å². The first-order valence-electron chi connectivity index (χ1n) is 7.25. The molecule has 0 saturated carbocycles. The topological polar surface area (TPSA) is 80.3 Å². The number of ether oxygens (including phenoxy) is 1. The number of nitrogens with one attached hydrogen (secondary N) is 2. The highest BCUT2D eigenvalue weighted by Crippen LogP contribution is 2.16. The summed E-state index contributed by atoms with van der Waals surface area (Å²) < 4.78 is 5.14. The minimum absolute atomic E-state index is 0.163. The number of carbonyl (C=O) groups excluding carboxylic acids is 2. The summed E-state index contributed by atoms with van der Waals surface area (Å²) in [6.45, 7) is 2.08. The molecule has 2 amide bonds. The third-order valence-electron chi connectivity index (χ3n) is 3.15. The van der Waals surface area contributed by atoms with Gasteiger partial charge in [-0.3, -0.25) is 9.59 Å². The number of anilines is 1. The van der Waals surface area contributed by atoms with Gasteiger partial charge in [0.15, 0.2) is 0 Å². The van der Waals surface area contributed by atoms with Gasteiger partial charge in [0.2, 0.25) is 5.91 Å². The van der Waals surface area contributed by atoms with Crippen molar-refractivity contribution >= 4 is 17.6 Å². The Bertz CT molecular complexity index is 701. The Morgan fingerprint density at radius 2 is 1.91 bits per heavy atom. The number of para-hydroxylation sites is 1. The predicted molar refractivity (Wildman–Crippen MR) is 87.5 cm³/mol. The van der Waals surface area contributed by atoms with E-state index >= 15 is 0 Å². The zero-order chi connectivity index (χ0) is 16.7. The number of aromatic nitrogens is 1. The number of aryl methyl sites for hydroxylation is 1. The maximum Gasteiger partial charge on any atom is 0.255 e. The van der Waals surface area contributed by atoms with Gasteiger partial charge in [0.1, 0.15) is 11.6 Å². The third kappa shape index (κ3) is 4.81. The molecule has 0 spiro atoms. The smallest absolute Gasteiger partial charge is 0.255 e. The van der Waals surface area contributed by atoms with Crippen LogP contribution in [0.1, 0.15) is 22.5 Å². The van der Waals surface area contributed by atoms with Gasteiger partial charge in [-0.05, 0) is 31.2 Å². The molecule has 0 atom stereocenters. The van der Waals surface area contributed by atoms with E-state index in [0.717, 1.165) is 5.69 Å². The van der Waals surface area contributed by atoms with Crippen LogP contribution in [0.2, 0.25) is 0 Å². The Hall–Kier alpha value is -2.89. The molecule has 0 unspecified atom stereocenters. The zero-order valence-corrected chi connectivity index (χ0v) is 13.1. The lowest BCUT2D eigenvalue weighted by Gasteiger charge is -2.09. The number of nitrogens with zero attached hydrogens (tertiary/aromatic N) is 1. The molecule has 6 heteroatoms. The van der Waals surface area contributed by atoms with Crippen molar-refractivity contribution in [3.8, 4) is 5.75 Å². The molecule has 120 valence electrons. The van der Waals surface area contributed by atoms with E-state index in [1.807, 2.05) is 19.1 Å². The van der Waals surface area contributed by atoms with Crippen molar-refractivity contribution in [1.82, 2.24) is 10.3 Å². The van der Waals surface area contributed by atoms with E-state index in [1.165, 1.54) is 7.11 Å². The summed E-state index contributed by atoms with van der Waals surface area (Å²) in [5.74, 6) is 0.525. The lowest BCUT2D eigenvalue weighted by atomic mass is 10.2. The molecule has 1 heterocycles. The van der Waals surface area contributed by atoms with E-state index in [-0.39, 0.29) is 24.8 Å². The first-order chi connectivity index (χ1) is 11.1. The number of benzene rings is 1. The van der Waals surface area contributed by atoms with Crippen molar-refractivity contribution in [3.63, 3.8) is 0 Å². The van der Waals surface area contributed by atoms with E-state index in [2.05, 4.69) is 15.6 Å². The van der Waals surface area contributed by atoms with Gasteiger partial charge in [-0.25, -0.2) is 4.98 Å². The van der Waals surface area contributed by atoms with Gasteiger partial charge in [0.25, 0.3) is 5.91 Å². The molecule has 0 radical (unpaired) electrons. The summed E-state index contributed by atoms with van der Waals surface area (Å²) in [6, 6.07) is 12.3. The molecule has 6 nitrogen and oxygen atoms in total. The van der Waals surface area contributed by atoms with Crippen LogP contribution >= 0.6 is 0 Å². The Morgan fingerprint density at radius 1 is 1.13 bits per heavy atom. The molecule has 0 fully saturated rings. The first kappa shape index (κ1) is 16.5. The van der Waals surface area contributed by atoms with E-state index in [0.29, 0.717) is 17.1 Å². The van der Waals surface area contributed by atoms with Gasteiger partial charge in [0.05, 0.1) is 12.7 Å². The van der Waals surface area contributed by atoms with Crippen molar-refractivity contribution in [2.75, 3.05) is 19.0 Å². The van der Waals surface area contributed by atoms with Crippen molar-refractivity contribution in [2.24, 2.45) is 0 Å². The van der Waals surface area contributed by atoms with E-state index in [4.69, 9.17) is 4.74 Å². The highest BCUT2D eigenvalue weighted by Gasteiger charge is 2.11. The fraction of sp³-hybridized carbons (Fsp3) is 0.235. The third-order valence-corrected chi connectivity index (χ3v) is 3.15. The Kier molecular flexibility index (Phi) is 5.68. The molecule has 2 N–H and O–H groups in total. The number of carbonyl (C=O) groups is 2. The highest BCUT2D eigenvalue weighted by atomic mass is 16.5. The molecule has 0 aliphatic heterocycles. The molecular formula is C17H19N3O3. The van der Waals surface area contributed by atoms with Crippen molar-refractivity contribution < 1.29 is 14.3 Å². The van der Waals surface area contributed by atoms with Gasteiger partial charge < -0.3 is 15.4 Å². The van der Waals surface area contributed by atoms with Crippen LogP contribution in [0.15, 0.2) is 42.5 Å². The van der Waals surface area contributed by atoms with E-state index < -0.39 is 0 Å². The quantitative estimate of drug-likeness (QED) is 0.856. The number of hydrogen-bond acceptors (Lipinski definition) is 4. The van der Waals surface area contributed by atoms with Crippen LogP contribution in [0.5, 0.6) is 5.75 Å². The second kappa shape index (κ2) is 7.93. The molecule has 0 bridgehead atoms. The first-order valence-corrected chi connectivity index (χ1v) is 7.25. The molecule has 2 rings (SSSR count). The molecule has 1 aromatic carbocycles. The summed E-state index contributed by atoms with van der Waals surface area (Å²) >= 11 is 0. The van der Waals surface area contributed by atoms with Crippen molar-refractivity contribution in [3.05, 3.63) is 53.7 Å². The molecule has 0 aliphatic rings. The summed E-state index contributed by atoms with van der Waals surface area (Å²) in [6.07, 6.45) is 0.163. The van der Waals surface area contributed by atoms with Crippen LogP contribution in [0, 0.1) is 6.92 Å². The number of hydrogen-bond donors (Lipinski definition) is 2. The van der Waals surface area contributed by atoms with Gasteiger partial charge in [-0.2, -0.15) is 0 Å². The maximum absolute atomic E-state index is 12.1. The number of amides is 2. The molecule has 2 aromatic rings. The maximum atomic E-state index is 12.1. The summed E-state index contributed by atoms with van der Waals surface area (Å²) in [4.78, 5) is 28.1. The monoisotopic (exact) mass is 313 g/mol. The molecule has 0 aliphatic carbocycles. The average Bonchev–Trinajstić information content (AvgIpc) is 2.54. The number of pyridine rings is 1. The fourth-order valence-corrected chi connectivity index (χ4v) is 2.04.